The second kappa shape index (κ2) is 4.69. The molecule has 0 bridgehead atoms. The lowest BCUT2D eigenvalue weighted by Crippen LogP contribution is -2.37. The third-order valence-electron chi connectivity index (χ3n) is 5.60. The maximum absolute atomic E-state index is 9.91. The monoisotopic (exact) mass is 273 g/mol. The summed E-state index contributed by atoms with van der Waals surface area (Å²) >= 11 is 0. The van der Waals surface area contributed by atoms with Crippen LogP contribution in [0.25, 0.3) is 0 Å². The second-order valence-electron chi connectivity index (χ2n) is 6.92. The smallest absolute Gasteiger partial charge is 0.132 e. The van der Waals surface area contributed by atoms with Crippen LogP contribution in [0, 0.1) is 11.3 Å². The van der Waals surface area contributed by atoms with Crippen molar-refractivity contribution in [2.45, 2.75) is 44.4 Å². The Hall–Kier alpha value is -1.16. The average Bonchev–Trinajstić information content (AvgIpc) is 3.27. The summed E-state index contributed by atoms with van der Waals surface area (Å²) in [5, 5.41) is 9.91. The number of hydrogen-bond donors (Lipinski definition) is 1. The van der Waals surface area contributed by atoms with Gasteiger partial charge < -0.3 is 10.0 Å². The van der Waals surface area contributed by atoms with E-state index in [0.29, 0.717) is 18.4 Å². The molecule has 2 unspecified atom stereocenters. The Kier molecular flexibility index (Phi) is 2.95. The molecule has 3 fully saturated rings. The Labute approximate surface area is 120 Å². The van der Waals surface area contributed by atoms with Gasteiger partial charge in [-0.25, -0.2) is 9.97 Å². The van der Waals surface area contributed by atoms with Crippen molar-refractivity contribution < 1.29 is 5.11 Å². The molecule has 1 aromatic rings. The van der Waals surface area contributed by atoms with E-state index in [0.717, 1.165) is 18.9 Å². The standard InChI is InChI=1S/C16H23N3O/c20-10-16-6-2-1-3-13(16)8-19(9-16)15-7-14(12-4-5-12)17-11-18-15/h7,11-13,20H,1-6,8-10H2. The molecule has 0 radical (unpaired) electrons. The van der Waals surface area contributed by atoms with Gasteiger partial charge in [-0.3, -0.25) is 0 Å². The number of anilines is 1. The van der Waals surface area contributed by atoms with Gasteiger partial charge in [0.15, 0.2) is 0 Å². The van der Waals surface area contributed by atoms with Crippen molar-refractivity contribution >= 4 is 5.82 Å². The van der Waals surface area contributed by atoms with Crippen LogP contribution < -0.4 is 4.90 Å². The number of aromatic nitrogens is 2. The molecule has 1 saturated heterocycles. The Morgan fingerprint density at radius 1 is 1.25 bits per heavy atom. The van der Waals surface area contributed by atoms with Crippen molar-refractivity contribution in [2.24, 2.45) is 11.3 Å². The van der Waals surface area contributed by atoms with Gasteiger partial charge in [-0.1, -0.05) is 12.8 Å². The van der Waals surface area contributed by atoms with E-state index in [1.165, 1.54) is 44.2 Å². The minimum atomic E-state index is 0.128. The van der Waals surface area contributed by atoms with Crippen LogP contribution in [0.4, 0.5) is 5.82 Å². The summed E-state index contributed by atoms with van der Waals surface area (Å²) in [6, 6.07) is 2.18. The lowest BCUT2D eigenvalue weighted by atomic mass is 9.69. The van der Waals surface area contributed by atoms with Crippen molar-refractivity contribution in [3.8, 4) is 0 Å². The molecule has 1 aliphatic heterocycles. The number of aliphatic hydroxyl groups excluding tert-OH is 1. The van der Waals surface area contributed by atoms with Gasteiger partial charge >= 0.3 is 0 Å². The maximum atomic E-state index is 9.91. The Morgan fingerprint density at radius 3 is 2.90 bits per heavy atom. The lowest BCUT2D eigenvalue weighted by Gasteiger charge is -2.36. The minimum Gasteiger partial charge on any atom is -0.396 e. The Balaban J connectivity index is 1.59. The van der Waals surface area contributed by atoms with Crippen LogP contribution >= 0.6 is 0 Å². The van der Waals surface area contributed by atoms with Crippen molar-refractivity contribution in [3.63, 3.8) is 0 Å². The fourth-order valence-corrected chi connectivity index (χ4v) is 4.15. The SMILES string of the molecule is OCC12CCCCC1CN(c1cc(C3CC3)ncn1)C2. The zero-order chi connectivity index (χ0) is 13.6. The Morgan fingerprint density at radius 2 is 2.15 bits per heavy atom. The van der Waals surface area contributed by atoms with Gasteiger partial charge in [0.05, 0.1) is 6.61 Å². The molecule has 2 atom stereocenters. The summed E-state index contributed by atoms with van der Waals surface area (Å²) in [4.78, 5) is 11.3. The molecule has 4 heteroatoms. The highest BCUT2D eigenvalue weighted by atomic mass is 16.3. The van der Waals surface area contributed by atoms with Gasteiger partial charge in [-0.15, -0.1) is 0 Å². The number of nitrogens with zero attached hydrogens (tertiary/aromatic N) is 3. The third-order valence-corrected chi connectivity index (χ3v) is 5.60. The number of hydrogen-bond acceptors (Lipinski definition) is 4. The van der Waals surface area contributed by atoms with Crippen molar-refractivity contribution in [1.29, 1.82) is 0 Å². The largest absolute Gasteiger partial charge is 0.396 e. The fraction of sp³-hybridized carbons (Fsp3) is 0.750. The summed E-state index contributed by atoms with van der Waals surface area (Å²) in [5.74, 6) is 2.39. The minimum absolute atomic E-state index is 0.128. The Bertz CT molecular complexity index is 502. The summed E-state index contributed by atoms with van der Waals surface area (Å²) < 4.78 is 0. The molecular formula is C16H23N3O. The lowest BCUT2D eigenvalue weighted by molar-refractivity contribution is 0.0626. The van der Waals surface area contributed by atoms with Crippen LogP contribution in [0.3, 0.4) is 0 Å². The van der Waals surface area contributed by atoms with Crippen LogP contribution in [0.5, 0.6) is 0 Å². The molecular weight excluding hydrogens is 250 g/mol. The van der Waals surface area contributed by atoms with Gasteiger partial charge in [-0.2, -0.15) is 0 Å². The first-order valence-corrected chi connectivity index (χ1v) is 7.98. The van der Waals surface area contributed by atoms with E-state index >= 15 is 0 Å². The molecule has 0 spiro atoms. The molecule has 108 valence electrons. The molecule has 2 saturated carbocycles. The van der Waals surface area contributed by atoms with E-state index in [1.807, 2.05) is 0 Å². The molecule has 20 heavy (non-hydrogen) atoms. The van der Waals surface area contributed by atoms with E-state index < -0.39 is 0 Å². The highest BCUT2D eigenvalue weighted by molar-refractivity contribution is 5.43. The molecule has 1 N–H and O–H groups in total. The molecule has 4 nitrogen and oxygen atoms in total. The number of fused-ring (bicyclic) bond motifs is 1. The van der Waals surface area contributed by atoms with Gasteiger partial charge in [0.2, 0.25) is 0 Å². The number of rotatable bonds is 3. The van der Waals surface area contributed by atoms with E-state index in [9.17, 15) is 5.11 Å². The summed E-state index contributed by atoms with van der Waals surface area (Å²) in [6.07, 6.45) is 9.29. The van der Waals surface area contributed by atoms with Gasteiger partial charge in [0, 0.05) is 36.2 Å². The molecule has 3 aliphatic rings. The summed E-state index contributed by atoms with van der Waals surface area (Å²) in [7, 11) is 0. The van der Waals surface area contributed by atoms with Crippen molar-refractivity contribution in [3.05, 3.63) is 18.1 Å². The normalized spacial score (nSPS) is 33.2. The van der Waals surface area contributed by atoms with Gasteiger partial charge in [0.25, 0.3) is 0 Å². The topological polar surface area (TPSA) is 49.2 Å². The first kappa shape index (κ1) is 12.6. The third kappa shape index (κ3) is 2.01. The molecule has 4 rings (SSSR count). The first-order chi connectivity index (χ1) is 9.81. The second-order valence-corrected chi connectivity index (χ2v) is 6.92. The van der Waals surface area contributed by atoms with E-state index in [2.05, 4.69) is 20.9 Å². The molecule has 0 aromatic carbocycles. The van der Waals surface area contributed by atoms with Crippen LogP contribution in [-0.4, -0.2) is 34.8 Å². The zero-order valence-corrected chi connectivity index (χ0v) is 12.0. The summed E-state index contributed by atoms with van der Waals surface area (Å²) in [6.45, 7) is 2.35. The van der Waals surface area contributed by atoms with Crippen molar-refractivity contribution in [2.75, 3.05) is 24.6 Å². The zero-order valence-electron chi connectivity index (χ0n) is 12.0. The van der Waals surface area contributed by atoms with E-state index in [4.69, 9.17) is 0 Å². The average molecular weight is 273 g/mol. The van der Waals surface area contributed by atoms with Crippen LogP contribution in [0.2, 0.25) is 0 Å². The fourth-order valence-electron chi connectivity index (χ4n) is 4.15. The first-order valence-electron chi connectivity index (χ1n) is 7.98. The van der Waals surface area contributed by atoms with Crippen molar-refractivity contribution in [1.82, 2.24) is 9.97 Å². The summed E-state index contributed by atoms with van der Waals surface area (Å²) in [5.41, 5.74) is 1.34. The van der Waals surface area contributed by atoms with E-state index in [-0.39, 0.29) is 5.41 Å². The quantitative estimate of drug-likeness (QED) is 0.918. The highest BCUT2D eigenvalue weighted by Gasteiger charge is 2.47. The molecule has 0 amide bonds. The molecule has 2 heterocycles. The molecule has 1 aromatic heterocycles. The predicted molar refractivity (Wildman–Crippen MR) is 77.7 cm³/mol. The highest BCUT2D eigenvalue weighted by Crippen LogP contribution is 2.47. The maximum Gasteiger partial charge on any atom is 0.132 e. The van der Waals surface area contributed by atoms with Crippen LogP contribution in [0.1, 0.15) is 50.1 Å². The van der Waals surface area contributed by atoms with Crippen LogP contribution in [-0.2, 0) is 0 Å². The van der Waals surface area contributed by atoms with Gasteiger partial charge in [0.1, 0.15) is 12.1 Å². The van der Waals surface area contributed by atoms with E-state index in [1.54, 1.807) is 6.33 Å². The predicted octanol–water partition coefficient (Wildman–Crippen LogP) is 2.34. The van der Waals surface area contributed by atoms with Crippen LogP contribution in [0.15, 0.2) is 12.4 Å². The van der Waals surface area contributed by atoms with Gasteiger partial charge in [-0.05, 0) is 31.6 Å². The number of aliphatic hydroxyl groups is 1. The molecule has 2 aliphatic carbocycles.